The number of likely N-dealkylation sites (tertiary alicyclic amines) is 3. The molecule has 4 nitrogen and oxygen atoms in total. The molecule has 4 aliphatic heterocycles. The zero-order valence-corrected chi connectivity index (χ0v) is 20.2. The first kappa shape index (κ1) is 22.0. The van der Waals surface area contributed by atoms with Gasteiger partial charge in [-0.2, -0.15) is 0 Å². The van der Waals surface area contributed by atoms with Gasteiger partial charge in [-0.1, -0.05) is 13.8 Å². The van der Waals surface area contributed by atoms with Crippen LogP contribution in [0.15, 0.2) is 0 Å². The molecule has 0 aromatic carbocycles. The average Bonchev–Trinajstić information content (AvgIpc) is 3.38. The summed E-state index contributed by atoms with van der Waals surface area (Å²) in [5.74, 6) is 0.825. The summed E-state index contributed by atoms with van der Waals surface area (Å²) in [7, 11) is 0. The maximum Gasteiger partial charge on any atom is 0.0137 e. The minimum absolute atomic E-state index is 0.510. The summed E-state index contributed by atoms with van der Waals surface area (Å²) in [6.07, 6.45) is 6.95. The molecule has 0 radical (unpaired) electrons. The molecule has 4 rings (SSSR count). The Morgan fingerprint density at radius 2 is 1.59 bits per heavy atom. The summed E-state index contributed by atoms with van der Waals surface area (Å²) in [6, 6.07) is 2.81. The molecule has 4 saturated heterocycles. The van der Waals surface area contributed by atoms with Gasteiger partial charge in [0.1, 0.15) is 0 Å². The monoisotopic (exact) mass is 404 g/mol. The van der Waals surface area contributed by atoms with Gasteiger partial charge in [0.15, 0.2) is 0 Å². The van der Waals surface area contributed by atoms with Crippen LogP contribution in [-0.4, -0.2) is 84.7 Å². The number of hydrogen-bond donors (Lipinski definition) is 1. The second kappa shape index (κ2) is 8.41. The largest absolute Gasteiger partial charge is 0.310 e. The van der Waals surface area contributed by atoms with E-state index in [1.54, 1.807) is 0 Å². The molecule has 5 unspecified atom stereocenters. The Hall–Kier alpha value is -0.160. The molecule has 1 N–H and O–H groups in total. The van der Waals surface area contributed by atoms with Gasteiger partial charge in [-0.25, -0.2) is 0 Å². The minimum Gasteiger partial charge on any atom is -0.310 e. The van der Waals surface area contributed by atoms with Crippen molar-refractivity contribution in [2.75, 3.05) is 45.8 Å². The lowest BCUT2D eigenvalue weighted by molar-refractivity contribution is 0.0328. The van der Waals surface area contributed by atoms with Gasteiger partial charge in [-0.3, -0.25) is 0 Å². The Labute approximate surface area is 180 Å². The van der Waals surface area contributed by atoms with Crippen molar-refractivity contribution in [1.29, 1.82) is 0 Å². The second-order valence-corrected chi connectivity index (χ2v) is 11.6. The van der Waals surface area contributed by atoms with Gasteiger partial charge in [0.2, 0.25) is 0 Å². The molecule has 0 saturated carbocycles. The van der Waals surface area contributed by atoms with Crippen molar-refractivity contribution < 1.29 is 0 Å². The zero-order valence-electron chi connectivity index (χ0n) is 20.2. The lowest BCUT2D eigenvalue weighted by Gasteiger charge is -2.47. The third kappa shape index (κ3) is 3.92. The van der Waals surface area contributed by atoms with E-state index in [1.165, 1.54) is 77.9 Å². The molecule has 4 fully saturated rings. The van der Waals surface area contributed by atoms with E-state index < -0.39 is 0 Å². The van der Waals surface area contributed by atoms with Crippen molar-refractivity contribution in [1.82, 2.24) is 20.0 Å². The van der Waals surface area contributed by atoms with E-state index in [-0.39, 0.29) is 0 Å². The molecule has 2 spiro atoms. The van der Waals surface area contributed by atoms with Crippen molar-refractivity contribution in [2.45, 2.75) is 97.8 Å². The highest BCUT2D eigenvalue weighted by Gasteiger charge is 2.57. The molecule has 0 aromatic heterocycles. The van der Waals surface area contributed by atoms with Crippen LogP contribution in [0.1, 0.15) is 73.6 Å². The Bertz CT molecular complexity index is 563. The zero-order chi connectivity index (χ0) is 20.8. The topological polar surface area (TPSA) is 21.8 Å². The fraction of sp³-hybridized carbons (Fsp3) is 1.00. The van der Waals surface area contributed by atoms with Gasteiger partial charge in [-0.15, -0.1) is 0 Å². The summed E-state index contributed by atoms with van der Waals surface area (Å²) in [5.41, 5.74) is 1.03. The molecule has 5 atom stereocenters. The lowest BCUT2D eigenvalue weighted by atomic mass is 9.67. The highest BCUT2D eigenvalue weighted by molar-refractivity contribution is 5.12. The van der Waals surface area contributed by atoms with Crippen LogP contribution < -0.4 is 5.32 Å². The van der Waals surface area contributed by atoms with E-state index in [0.29, 0.717) is 29.0 Å². The smallest absolute Gasteiger partial charge is 0.0137 e. The fourth-order valence-corrected chi connectivity index (χ4v) is 7.67. The Balaban J connectivity index is 1.56. The quantitative estimate of drug-likeness (QED) is 0.755. The molecule has 4 aliphatic rings. The van der Waals surface area contributed by atoms with Crippen LogP contribution in [-0.2, 0) is 0 Å². The SMILES string of the molecule is CCC1NC(C2CN(CC)CC23CCCN(C(C)C)C3)CC12CCN(C(C)C)C2. The lowest BCUT2D eigenvalue weighted by Crippen LogP contribution is -2.53. The van der Waals surface area contributed by atoms with Gasteiger partial charge >= 0.3 is 0 Å². The summed E-state index contributed by atoms with van der Waals surface area (Å²) < 4.78 is 0. The van der Waals surface area contributed by atoms with E-state index in [4.69, 9.17) is 0 Å². The van der Waals surface area contributed by atoms with E-state index in [9.17, 15) is 0 Å². The number of rotatable bonds is 5. The first-order chi connectivity index (χ1) is 13.8. The molecular formula is C25H48N4. The Morgan fingerprint density at radius 3 is 2.21 bits per heavy atom. The van der Waals surface area contributed by atoms with Crippen molar-refractivity contribution in [2.24, 2.45) is 16.7 Å². The van der Waals surface area contributed by atoms with Crippen LogP contribution >= 0.6 is 0 Å². The van der Waals surface area contributed by atoms with Crippen LogP contribution in [0.3, 0.4) is 0 Å². The Kier molecular flexibility index (Phi) is 6.39. The van der Waals surface area contributed by atoms with Gasteiger partial charge in [0, 0.05) is 61.2 Å². The maximum absolute atomic E-state index is 4.26. The van der Waals surface area contributed by atoms with Crippen molar-refractivity contribution in [3.63, 3.8) is 0 Å². The number of nitrogens with one attached hydrogen (secondary N) is 1. The molecule has 0 aromatic rings. The molecular weight excluding hydrogens is 356 g/mol. The summed E-state index contributed by atoms with van der Waals surface area (Å²) in [5, 5.41) is 4.26. The number of hydrogen-bond acceptors (Lipinski definition) is 4. The standard InChI is InChI=1S/C25H48N4/c1-7-23-24(11-13-29(17-24)20(5)6)14-22(26-23)21-15-27(8-2)16-25(21)10-9-12-28(18-25)19(3)4/h19-23,26H,7-18H2,1-6H3. The molecule has 0 bridgehead atoms. The highest BCUT2D eigenvalue weighted by Crippen LogP contribution is 2.52. The predicted octanol–water partition coefficient (Wildman–Crippen LogP) is 3.67. The van der Waals surface area contributed by atoms with Crippen LogP contribution in [0.2, 0.25) is 0 Å². The maximum atomic E-state index is 4.26. The van der Waals surface area contributed by atoms with Crippen molar-refractivity contribution in [3.8, 4) is 0 Å². The van der Waals surface area contributed by atoms with Crippen LogP contribution in [0, 0.1) is 16.7 Å². The summed E-state index contributed by atoms with van der Waals surface area (Å²) in [4.78, 5) is 8.31. The number of piperidine rings is 1. The molecule has 0 aliphatic carbocycles. The van der Waals surface area contributed by atoms with Gasteiger partial charge < -0.3 is 20.0 Å². The average molecular weight is 405 g/mol. The predicted molar refractivity (Wildman–Crippen MR) is 123 cm³/mol. The van der Waals surface area contributed by atoms with Crippen molar-refractivity contribution >= 4 is 0 Å². The van der Waals surface area contributed by atoms with E-state index >= 15 is 0 Å². The fourth-order valence-electron chi connectivity index (χ4n) is 7.67. The molecule has 4 heterocycles. The first-order valence-electron chi connectivity index (χ1n) is 12.8. The third-order valence-corrected chi connectivity index (χ3v) is 9.42. The molecule has 0 amide bonds. The van der Waals surface area contributed by atoms with Gasteiger partial charge in [0.05, 0.1) is 0 Å². The van der Waals surface area contributed by atoms with Crippen molar-refractivity contribution in [3.05, 3.63) is 0 Å². The normalized spacial score (nSPS) is 42.4. The molecule has 29 heavy (non-hydrogen) atoms. The first-order valence-corrected chi connectivity index (χ1v) is 12.8. The molecule has 168 valence electrons. The van der Waals surface area contributed by atoms with E-state index in [0.717, 1.165) is 12.0 Å². The second-order valence-electron chi connectivity index (χ2n) is 11.6. The van der Waals surface area contributed by atoms with E-state index in [2.05, 4.69) is 61.6 Å². The van der Waals surface area contributed by atoms with Gasteiger partial charge in [-0.05, 0) is 85.4 Å². The minimum atomic E-state index is 0.510. The Morgan fingerprint density at radius 1 is 0.897 bits per heavy atom. The van der Waals surface area contributed by atoms with Gasteiger partial charge in [0.25, 0.3) is 0 Å². The van der Waals surface area contributed by atoms with Crippen LogP contribution in [0.25, 0.3) is 0 Å². The third-order valence-electron chi connectivity index (χ3n) is 9.42. The summed E-state index contributed by atoms with van der Waals surface area (Å²) in [6.45, 7) is 23.5. The summed E-state index contributed by atoms with van der Waals surface area (Å²) >= 11 is 0. The number of nitrogens with zero attached hydrogens (tertiary/aromatic N) is 3. The van der Waals surface area contributed by atoms with E-state index in [1.807, 2.05) is 0 Å². The van der Waals surface area contributed by atoms with Crippen LogP contribution in [0.5, 0.6) is 0 Å². The van der Waals surface area contributed by atoms with Crippen LogP contribution in [0.4, 0.5) is 0 Å². The molecule has 4 heteroatoms. The highest BCUT2D eigenvalue weighted by atomic mass is 15.2.